The highest BCUT2D eigenvalue weighted by Gasteiger charge is 2.26. The molecule has 0 saturated heterocycles. The van der Waals surface area contributed by atoms with Crippen LogP contribution in [0.15, 0.2) is 12.4 Å². The second-order valence-corrected chi connectivity index (χ2v) is 2.71. The molecule has 2 heteroatoms. The van der Waals surface area contributed by atoms with Gasteiger partial charge >= 0.3 is 0 Å². The average Bonchev–Trinajstić information content (AvgIpc) is 2.69. The second kappa shape index (κ2) is 1.88. The summed E-state index contributed by atoms with van der Waals surface area (Å²) in [5.41, 5.74) is 2.03. The third kappa shape index (κ3) is 0.714. The van der Waals surface area contributed by atoms with Gasteiger partial charge in [-0.3, -0.25) is 0 Å². The van der Waals surface area contributed by atoms with Crippen molar-refractivity contribution < 1.29 is 0 Å². The van der Waals surface area contributed by atoms with E-state index < -0.39 is 0 Å². The smallest absolute Gasteiger partial charge is 0.101 e. The van der Waals surface area contributed by atoms with Crippen LogP contribution in [0.5, 0.6) is 0 Å². The van der Waals surface area contributed by atoms with E-state index in [1.165, 1.54) is 18.4 Å². The average molecular weight is 132 g/mol. The topological polar surface area (TPSA) is 39.6 Å². The van der Waals surface area contributed by atoms with Crippen LogP contribution < -0.4 is 0 Å². The van der Waals surface area contributed by atoms with Gasteiger partial charge in [0.05, 0.1) is 5.56 Å². The van der Waals surface area contributed by atoms with Gasteiger partial charge in [0, 0.05) is 12.4 Å². The maximum absolute atomic E-state index is 8.61. The largest absolute Gasteiger partial charge is 0.366 e. The van der Waals surface area contributed by atoms with Crippen molar-refractivity contribution in [3.05, 3.63) is 23.5 Å². The fraction of sp³-hybridized carbons (Fsp3) is 0.375. The molecule has 1 heterocycles. The van der Waals surface area contributed by atoms with E-state index in [1.54, 1.807) is 6.20 Å². The Labute approximate surface area is 59.5 Å². The first-order chi connectivity index (χ1) is 4.92. The van der Waals surface area contributed by atoms with Crippen LogP contribution in [-0.4, -0.2) is 4.98 Å². The van der Waals surface area contributed by atoms with Crippen LogP contribution in [0.1, 0.15) is 29.9 Å². The maximum atomic E-state index is 8.61. The van der Waals surface area contributed by atoms with E-state index in [0.717, 1.165) is 5.56 Å². The SMILES string of the molecule is N#Cc1c[nH]cc1C1CC1. The molecular weight excluding hydrogens is 124 g/mol. The van der Waals surface area contributed by atoms with E-state index in [4.69, 9.17) is 5.26 Å². The molecule has 1 aliphatic rings. The van der Waals surface area contributed by atoms with Crippen molar-refractivity contribution in [3.8, 4) is 6.07 Å². The molecule has 1 fully saturated rings. The van der Waals surface area contributed by atoms with E-state index >= 15 is 0 Å². The van der Waals surface area contributed by atoms with E-state index in [2.05, 4.69) is 11.1 Å². The number of aromatic amines is 1. The molecule has 1 aromatic heterocycles. The van der Waals surface area contributed by atoms with Crippen molar-refractivity contribution in [1.29, 1.82) is 5.26 Å². The van der Waals surface area contributed by atoms with E-state index in [0.29, 0.717) is 5.92 Å². The minimum absolute atomic E-state index is 0.681. The van der Waals surface area contributed by atoms with Crippen molar-refractivity contribution in [1.82, 2.24) is 4.98 Å². The number of nitriles is 1. The molecule has 1 aliphatic carbocycles. The summed E-state index contributed by atoms with van der Waals surface area (Å²) in [4.78, 5) is 2.95. The standard InChI is InChI=1S/C8H8N2/c9-3-7-4-10-5-8(7)6-1-2-6/h4-6,10H,1-2H2. The zero-order valence-electron chi connectivity index (χ0n) is 5.59. The van der Waals surface area contributed by atoms with Crippen LogP contribution >= 0.6 is 0 Å². The monoisotopic (exact) mass is 132 g/mol. The Balaban J connectivity index is 2.40. The Hall–Kier alpha value is -1.23. The fourth-order valence-electron chi connectivity index (χ4n) is 1.20. The predicted octanol–water partition coefficient (Wildman–Crippen LogP) is 1.76. The Morgan fingerprint density at radius 2 is 2.30 bits per heavy atom. The Bertz CT molecular complexity index is 276. The van der Waals surface area contributed by atoms with Crippen molar-refractivity contribution in [3.63, 3.8) is 0 Å². The van der Waals surface area contributed by atoms with E-state index in [-0.39, 0.29) is 0 Å². The molecule has 0 aliphatic heterocycles. The second-order valence-electron chi connectivity index (χ2n) is 2.71. The minimum Gasteiger partial charge on any atom is -0.366 e. The molecule has 0 spiro atoms. The summed E-state index contributed by atoms with van der Waals surface area (Å²) in [6.45, 7) is 0. The van der Waals surface area contributed by atoms with Crippen LogP contribution in [0.2, 0.25) is 0 Å². The third-order valence-electron chi connectivity index (χ3n) is 1.92. The summed E-state index contributed by atoms with van der Waals surface area (Å²) in [7, 11) is 0. The molecular formula is C8H8N2. The highest BCUT2D eigenvalue weighted by molar-refractivity contribution is 5.39. The first-order valence-corrected chi connectivity index (χ1v) is 3.48. The summed E-state index contributed by atoms with van der Waals surface area (Å²) in [6.07, 6.45) is 6.23. The van der Waals surface area contributed by atoms with Gasteiger partial charge in [-0.25, -0.2) is 0 Å². The van der Waals surface area contributed by atoms with Crippen molar-refractivity contribution in [2.24, 2.45) is 0 Å². The Morgan fingerprint density at radius 3 is 2.90 bits per heavy atom. The lowest BCUT2D eigenvalue weighted by Crippen LogP contribution is -1.77. The fourth-order valence-corrected chi connectivity index (χ4v) is 1.20. The Kier molecular flexibility index (Phi) is 1.04. The van der Waals surface area contributed by atoms with Gasteiger partial charge in [0.15, 0.2) is 0 Å². The number of hydrogen-bond donors (Lipinski definition) is 1. The summed E-state index contributed by atoms with van der Waals surface area (Å²) in [6, 6.07) is 2.17. The van der Waals surface area contributed by atoms with Crippen LogP contribution in [-0.2, 0) is 0 Å². The van der Waals surface area contributed by atoms with E-state index in [9.17, 15) is 0 Å². The first-order valence-electron chi connectivity index (χ1n) is 3.48. The van der Waals surface area contributed by atoms with Gasteiger partial charge in [-0.15, -0.1) is 0 Å². The molecule has 1 saturated carbocycles. The number of nitrogens with zero attached hydrogens (tertiary/aromatic N) is 1. The van der Waals surface area contributed by atoms with Crippen LogP contribution in [0, 0.1) is 11.3 Å². The highest BCUT2D eigenvalue weighted by atomic mass is 14.6. The highest BCUT2D eigenvalue weighted by Crippen LogP contribution is 2.41. The van der Waals surface area contributed by atoms with Gasteiger partial charge in [-0.1, -0.05) is 0 Å². The van der Waals surface area contributed by atoms with Gasteiger partial charge in [0.2, 0.25) is 0 Å². The summed E-state index contributed by atoms with van der Waals surface area (Å²) in [5, 5.41) is 8.61. The number of rotatable bonds is 1. The number of nitrogens with one attached hydrogen (secondary N) is 1. The molecule has 1 N–H and O–H groups in total. The lowest BCUT2D eigenvalue weighted by molar-refractivity contribution is 1.13. The molecule has 0 unspecified atom stereocenters. The van der Waals surface area contributed by atoms with Gasteiger partial charge in [0.25, 0.3) is 0 Å². The van der Waals surface area contributed by atoms with Gasteiger partial charge < -0.3 is 4.98 Å². The molecule has 0 radical (unpaired) electrons. The number of H-pyrrole nitrogens is 1. The number of aromatic nitrogens is 1. The third-order valence-corrected chi connectivity index (χ3v) is 1.92. The first kappa shape index (κ1) is 5.55. The zero-order chi connectivity index (χ0) is 6.97. The van der Waals surface area contributed by atoms with Crippen molar-refractivity contribution in [2.75, 3.05) is 0 Å². The quantitative estimate of drug-likeness (QED) is 0.621. The zero-order valence-corrected chi connectivity index (χ0v) is 5.59. The minimum atomic E-state index is 0.681. The molecule has 2 nitrogen and oxygen atoms in total. The van der Waals surface area contributed by atoms with Gasteiger partial charge in [0.1, 0.15) is 6.07 Å². The lowest BCUT2D eigenvalue weighted by atomic mass is 10.1. The van der Waals surface area contributed by atoms with Crippen LogP contribution in [0.4, 0.5) is 0 Å². The lowest BCUT2D eigenvalue weighted by Gasteiger charge is -1.88. The van der Waals surface area contributed by atoms with Gasteiger partial charge in [-0.2, -0.15) is 5.26 Å². The van der Waals surface area contributed by atoms with Crippen LogP contribution in [0.3, 0.4) is 0 Å². The van der Waals surface area contributed by atoms with Crippen molar-refractivity contribution >= 4 is 0 Å². The molecule has 0 amide bonds. The summed E-state index contributed by atoms with van der Waals surface area (Å²) >= 11 is 0. The van der Waals surface area contributed by atoms with E-state index in [1.807, 2.05) is 6.20 Å². The number of hydrogen-bond acceptors (Lipinski definition) is 1. The predicted molar refractivity (Wildman–Crippen MR) is 37.5 cm³/mol. The van der Waals surface area contributed by atoms with Crippen molar-refractivity contribution in [2.45, 2.75) is 18.8 Å². The molecule has 50 valence electrons. The molecule has 0 bridgehead atoms. The molecule has 0 atom stereocenters. The summed E-state index contributed by atoms with van der Waals surface area (Å²) < 4.78 is 0. The Morgan fingerprint density at radius 1 is 1.50 bits per heavy atom. The van der Waals surface area contributed by atoms with Crippen LogP contribution in [0.25, 0.3) is 0 Å². The molecule has 2 rings (SSSR count). The van der Waals surface area contributed by atoms with Gasteiger partial charge in [-0.05, 0) is 24.3 Å². The molecule has 10 heavy (non-hydrogen) atoms. The normalized spacial score (nSPS) is 16.7. The molecule has 1 aromatic rings. The molecule has 0 aromatic carbocycles. The summed E-state index contributed by atoms with van der Waals surface area (Å²) in [5.74, 6) is 0.681. The maximum Gasteiger partial charge on any atom is 0.101 e.